The molecule has 24 heavy (non-hydrogen) atoms. The van der Waals surface area contributed by atoms with Crippen LogP contribution in [0.3, 0.4) is 0 Å². The molecule has 5 rings (SSSR count). The third-order valence-electron chi connectivity index (χ3n) is 5.01. The first-order chi connectivity index (χ1) is 11.7. The molecule has 1 unspecified atom stereocenters. The Morgan fingerprint density at radius 1 is 0.792 bits per heavy atom. The normalized spacial score (nSPS) is 18.6. The summed E-state index contributed by atoms with van der Waals surface area (Å²) in [5.74, 6) is 0. The van der Waals surface area contributed by atoms with Crippen molar-refractivity contribution >= 4 is 45.5 Å². The predicted octanol–water partition coefficient (Wildman–Crippen LogP) is 3.91. The number of para-hydroxylation sites is 1. The first kappa shape index (κ1) is 14.3. The lowest BCUT2D eigenvalue weighted by atomic mass is 10.1. The van der Waals surface area contributed by atoms with Crippen LogP contribution in [-0.4, -0.2) is 4.57 Å². The van der Waals surface area contributed by atoms with Crippen LogP contribution in [0.15, 0.2) is 78.9 Å². The number of hydrogen-bond donors (Lipinski definition) is 0. The molecule has 3 heteroatoms. The van der Waals surface area contributed by atoms with Crippen molar-refractivity contribution < 1.29 is 0 Å². The number of rotatable bonds is 1. The van der Waals surface area contributed by atoms with Crippen LogP contribution in [-0.2, 0) is 19.3 Å². The van der Waals surface area contributed by atoms with Gasteiger partial charge in [0.15, 0.2) is 0 Å². The van der Waals surface area contributed by atoms with E-state index >= 15 is 0 Å². The maximum Gasteiger partial charge on any atom is 0.117 e. The SMILES string of the molecule is Cn1c2c(c3ccccc31)[P+]([S-])(c1ccccc1)c1ccccc1-2. The highest BCUT2D eigenvalue weighted by Crippen LogP contribution is 2.62. The molecule has 1 atom stereocenters. The van der Waals surface area contributed by atoms with E-state index in [4.69, 9.17) is 12.2 Å². The zero-order chi connectivity index (χ0) is 16.3. The van der Waals surface area contributed by atoms with Gasteiger partial charge in [0, 0.05) is 18.0 Å². The van der Waals surface area contributed by atoms with E-state index in [1.807, 2.05) is 0 Å². The lowest BCUT2D eigenvalue weighted by Crippen LogP contribution is -2.25. The smallest absolute Gasteiger partial charge is 0.117 e. The van der Waals surface area contributed by atoms with Crippen LogP contribution in [0.25, 0.3) is 22.2 Å². The average molecular weight is 345 g/mol. The van der Waals surface area contributed by atoms with E-state index in [9.17, 15) is 0 Å². The maximum atomic E-state index is 6.48. The topological polar surface area (TPSA) is 4.93 Å². The molecular formula is C21H16NPS. The molecule has 4 aromatic rings. The highest BCUT2D eigenvalue weighted by atomic mass is 32.7. The number of fused-ring (bicyclic) bond motifs is 5. The molecule has 3 aromatic carbocycles. The lowest BCUT2D eigenvalue weighted by molar-refractivity contribution is 0.983. The minimum absolute atomic E-state index is 1.27. The van der Waals surface area contributed by atoms with E-state index < -0.39 is 6.46 Å². The summed E-state index contributed by atoms with van der Waals surface area (Å²) in [5.41, 5.74) is 3.87. The van der Waals surface area contributed by atoms with Gasteiger partial charge >= 0.3 is 0 Å². The van der Waals surface area contributed by atoms with Gasteiger partial charge in [0.2, 0.25) is 0 Å². The first-order valence-corrected chi connectivity index (χ1v) is 10.9. The number of aromatic nitrogens is 1. The Kier molecular flexibility index (Phi) is 2.98. The Balaban J connectivity index is 2.00. The molecule has 0 fully saturated rings. The van der Waals surface area contributed by atoms with Gasteiger partial charge < -0.3 is 16.8 Å². The summed E-state index contributed by atoms with van der Waals surface area (Å²) in [6, 6.07) is 28.0. The molecule has 0 saturated heterocycles. The van der Waals surface area contributed by atoms with Crippen molar-refractivity contribution in [2.45, 2.75) is 0 Å². The zero-order valence-electron chi connectivity index (χ0n) is 13.3. The third kappa shape index (κ3) is 1.65. The highest BCUT2D eigenvalue weighted by molar-refractivity contribution is 8.51. The molecule has 0 bridgehead atoms. The molecule has 1 aliphatic heterocycles. The van der Waals surface area contributed by atoms with Gasteiger partial charge in [-0.25, -0.2) is 0 Å². The van der Waals surface area contributed by atoms with Crippen molar-refractivity contribution in [1.29, 1.82) is 0 Å². The number of hydrogen-bond acceptors (Lipinski definition) is 1. The number of nitrogens with zero attached hydrogens (tertiary/aromatic N) is 1. The summed E-state index contributed by atoms with van der Waals surface area (Å²) in [6.07, 6.45) is 0. The molecule has 116 valence electrons. The second-order valence-corrected chi connectivity index (χ2v) is 10.5. The van der Waals surface area contributed by atoms with Gasteiger partial charge in [-0.15, -0.1) is 0 Å². The van der Waals surface area contributed by atoms with E-state index in [1.165, 1.54) is 38.1 Å². The number of aryl methyl sites for hydroxylation is 1. The summed E-state index contributed by atoms with van der Waals surface area (Å²) >= 11 is 6.48. The van der Waals surface area contributed by atoms with Crippen LogP contribution in [0.4, 0.5) is 0 Å². The van der Waals surface area contributed by atoms with Crippen LogP contribution in [0.2, 0.25) is 0 Å². The van der Waals surface area contributed by atoms with Crippen molar-refractivity contribution in [2.75, 3.05) is 0 Å². The average Bonchev–Trinajstić information content (AvgIpc) is 3.09. The molecule has 0 spiro atoms. The molecule has 0 saturated carbocycles. The summed E-state index contributed by atoms with van der Waals surface area (Å²) in [5, 5.41) is 5.28. The fourth-order valence-electron chi connectivity index (χ4n) is 3.98. The summed E-state index contributed by atoms with van der Waals surface area (Å²) in [6.45, 7) is -2.01. The molecule has 2 heterocycles. The Morgan fingerprint density at radius 3 is 2.29 bits per heavy atom. The molecule has 1 aliphatic rings. The summed E-state index contributed by atoms with van der Waals surface area (Å²) in [7, 11) is 2.16. The second kappa shape index (κ2) is 4.99. The van der Waals surface area contributed by atoms with Crippen LogP contribution in [0, 0.1) is 0 Å². The Morgan fingerprint density at radius 2 is 1.46 bits per heavy atom. The molecule has 1 aromatic heterocycles. The van der Waals surface area contributed by atoms with Crippen molar-refractivity contribution in [1.82, 2.24) is 4.57 Å². The minimum atomic E-state index is -2.01. The van der Waals surface area contributed by atoms with E-state index in [0.29, 0.717) is 0 Å². The van der Waals surface area contributed by atoms with Crippen LogP contribution < -0.4 is 15.9 Å². The Hall–Kier alpha value is -2.02. The van der Waals surface area contributed by atoms with Gasteiger partial charge in [-0.1, -0.05) is 42.5 Å². The first-order valence-electron chi connectivity index (χ1n) is 8.06. The van der Waals surface area contributed by atoms with Gasteiger partial charge in [0.05, 0.1) is 21.8 Å². The molecule has 0 aliphatic carbocycles. The van der Waals surface area contributed by atoms with Gasteiger partial charge in [0.1, 0.15) is 5.30 Å². The van der Waals surface area contributed by atoms with Gasteiger partial charge in [-0.2, -0.15) is 0 Å². The van der Waals surface area contributed by atoms with Crippen molar-refractivity contribution in [3.63, 3.8) is 0 Å². The Labute approximate surface area is 147 Å². The van der Waals surface area contributed by atoms with Crippen molar-refractivity contribution in [2.24, 2.45) is 7.05 Å². The molecule has 0 radical (unpaired) electrons. The van der Waals surface area contributed by atoms with Gasteiger partial charge in [-0.3, -0.25) is 0 Å². The standard InChI is InChI=1S/C21H16NPS/c1-22-18-13-7-5-11-16(18)21-20(22)17-12-6-8-14-19(17)23(21,24)15-9-3-2-4-10-15/h2-14H,1H3. The molecule has 1 nitrogen and oxygen atoms in total. The quantitative estimate of drug-likeness (QED) is 0.374. The molecule has 0 amide bonds. The summed E-state index contributed by atoms with van der Waals surface area (Å²) < 4.78 is 2.32. The highest BCUT2D eigenvalue weighted by Gasteiger charge is 2.46. The lowest BCUT2D eigenvalue weighted by Gasteiger charge is -2.29. The fourth-order valence-corrected chi connectivity index (χ4v) is 8.65. The second-order valence-electron chi connectivity index (χ2n) is 6.24. The molecular weight excluding hydrogens is 329 g/mol. The summed E-state index contributed by atoms with van der Waals surface area (Å²) in [4.78, 5) is 0. The third-order valence-corrected chi connectivity index (χ3v) is 9.96. The van der Waals surface area contributed by atoms with Crippen LogP contribution in [0.5, 0.6) is 0 Å². The van der Waals surface area contributed by atoms with E-state index in [0.717, 1.165) is 0 Å². The van der Waals surface area contributed by atoms with Gasteiger partial charge in [-0.05, 0) is 42.9 Å². The van der Waals surface area contributed by atoms with E-state index in [1.54, 1.807) is 0 Å². The number of benzene rings is 3. The van der Waals surface area contributed by atoms with Crippen LogP contribution >= 0.6 is 6.46 Å². The molecule has 0 N–H and O–H groups in total. The maximum absolute atomic E-state index is 6.48. The van der Waals surface area contributed by atoms with E-state index in [-0.39, 0.29) is 0 Å². The van der Waals surface area contributed by atoms with Gasteiger partial charge in [0.25, 0.3) is 0 Å². The fraction of sp³-hybridized carbons (Fsp3) is 0.0476. The minimum Gasteiger partial charge on any atom is -0.540 e. The monoisotopic (exact) mass is 345 g/mol. The van der Waals surface area contributed by atoms with Crippen molar-refractivity contribution in [3.05, 3.63) is 78.9 Å². The van der Waals surface area contributed by atoms with E-state index in [2.05, 4.69) is 90.5 Å². The largest absolute Gasteiger partial charge is 0.540 e. The van der Waals surface area contributed by atoms with Crippen LogP contribution in [0.1, 0.15) is 0 Å². The zero-order valence-corrected chi connectivity index (χ0v) is 15.0. The van der Waals surface area contributed by atoms with Crippen molar-refractivity contribution in [3.8, 4) is 11.3 Å². The Bertz CT molecular complexity index is 1080. The predicted molar refractivity (Wildman–Crippen MR) is 108 cm³/mol.